The first-order chi connectivity index (χ1) is 15.1. The van der Waals surface area contributed by atoms with Gasteiger partial charge in [0.1, 0.15) is 12.1 Å². The van der Waals surface area contributed by atoms with Crippen molar-refractivity contribution in [1.29, 1.82) is 0 Å². The number of ether oxygens (including phenoxy) is 1. The molecule has 1 aliphatic rings. The Hall–Kier alpha value is -3.46. The number of aliphatic carboxylic acids is 1. The van der Waals surface area contributed by atoms with Gasteiger partial charge < -0.3 is 14.9 Å². The molecule has 3 rings (SSSR count). The van der Waals surface area contributed by atoms with Crippen LogP contribution in [-0.4, -0.2) is 38.9 Å². The summed E-state index contributed by atoms with van der Waals surface area (Å²) in [5.74, 6) is -0.957. The van der Waals surface area contributed by atoms with Gasteiger partial charge in [-0.1, -0.05) is 24.8 Å². The van der Waals surface area contributed by atoms with Crippen molar-refractivity contribution in [2.45, 2.75) is 31.5 Å². The molecule has 1 aromatic heterocycles. The van der Waals surface area contributed by atoms with Gasteiger partial charge in [0.25, 0.3) is 0 Å². The molecule has 32 heavy (non-hydrogen) atoms. The minimum Gasteiger partial charge on any atom is -0.494 e. The number of hydrogen-bond donors (Lipinski definition) is 2. The first kappa shape index (κ1) is 23.2. The summed E-state index contributed by atoms with van der Waals surface area (Å²) in [5, 5.41) is 19.7. The molecule has 0 spiro atoms. The zero-order valence-electron chi connectivity index (χ0n) is 17.2. The minimum atomic E-state index is -5.04. The summed E-state index contributed by atoms with van der Waals surface area (Å²) >= 11 is 0. The highest BCUT2D eigenvalue weighted by molar-refractivity contribution is 5.97. The highest BCUT2D eigenvalue weighted by Gasteiger charge is 2.62. The Balaban J connectivity index is 2.24. The van der Waals surface area contributed by atoms with Gasteiger partial charge in [-0.25, -0.2) is 9.97 Å². The molecule has 1 aliphatic carbocycles. The van der Waals surface area contributed by atoms with Crippen molar-refractivity contribution in [3.63, 3.8) is 0 Å². The number of carboxylic acids is 1. The average Bonchev–Trinajstić information content (AvgIpc) is 2.97. The Kier molecular flexibility index (Phi) is 6.50. The predicted octanol–water partition coefficient (Wildman–Crippen LogP) is 4.67. The lowest BCUT2D eigenvalue weighted by Gasteiger charge is -2.28. The van der Waals surface area contributed by atoms with E-state index in [2.05, 4.69) is 16.5 Å². The number of fused-ring (bicyclic) bond motifs is 1. The third kappa shape index (κ3) is 4.16. The van der Waals surface area contributed by atoms with Crippen LogP contribution in [0.1, 0.15) is 30.9 Å². The Morgan fingerprint density at radius 3 is 2.56 bits per heavy atom. The van der Waals surface area contributed by atoms with Crippen molar-refractivity contribution in [3.8, 4) is 16.9 Å². The lowest BCUT2D eigenvalue weighted by Crippen LogP contribution is -2.41. The molecule has 1 heterocycles. The van der Waals surface area contributed by atoms with Crippen LogP contribution in [0.3, 0.4) is 0 Å². The standard InChI is InChI=1S/C23H21F3N2O4/c1-3-4-6-17-14(2)22(31,23(24,25)26)19-10-16(32-8-5-7-20(29)30)9-18(21(17)19)15-11-27-13-28-12-15/h3-4,6,9-13,31H,2,5,7-8H2,1H3,(H,29,30)/b4-3-,17-6+. The molecule has 1 atom stereocenters. The van der Waals surface area contributed by atoms with E-state index in [-0.39, 0.29) is 36.3 Å². The van der Waals surface area contributed by atoms with Crippen LogP contribution in [0.4, 0.5) is 13.2 Å². The van der Waals surface area contributed by atoms with Crippen LogP contribution in [0.15, 0.2) is 61.2 Å². The van der Waals surface area contributed by atoms with E-state index in [1.165, 1.54) is 30.9 Å². The van der Waals surface area contributed by atoms with Gasteiger partial charge >= 0.3 is 12.1 Å². The first-order valence-electron chi connectivity index (χ1n) is 9.72. The van der Waals surface area contributed by atoms with Crippen molar-refractivity contribution >= 4 is 11.5 Å². The Bertz CT molecular complexity index is 1090. The van der Waals surface area contributed by atoms with Gasteiger partial charge in [0, 0.05) is 29.9 Å². The number of nitrogens with zero attached hydrogens (tertiary/aromatic N) is 2. The summed E-state index contributed by atoms with van der Waals surface area (Å²) in [6.45, 7) is 5.26. The molecule has 6 nitrogen and oxygen atoms in total. The quantitative estimate of drug-likeness (QED) is 0.601. The van der Waals surface area contributed by atoms with Crippen LogP contribution in [0.5, 0.6) is 5.75 Å². The zero-order valence-corrected chi connectivity index (χ0v) is 17.2. The number of carbonyl (C=O) groups is 1. The predicted molar refractivity (Wildman–Crippen MR) is 112 cm³/mol. The number of hydrogen-bond acceptors (Lipinski definition) is 5. The largest absolute Gasteiger partial charge is 0.494 e. The number of aliphatic hydroxyl groups is 1. The maximum Gasteiger partial charge on any atom is 0.425 e. The summed E-state index contributed by atoms with van der Waals surface area (Å²) in [7, 11) is 0. The van der Waals surface area contributed by atoms with E-state index in [1.54, 1.807) is 19.1 Å². The Labute approximate surface area is 182 Å². The molecule has 0 aliphatic heterocycles. The third-order valence-corrected chi connectivity index (χ3v) is 5.07. The summed E-state index contributed by atoms with van der Waals surface area (Å²) in [6.07, 6.45) is 3.82. The SMILES string of the molecule is C=C1/C(=C\C=C/C)c2c(-c3cncnc3)cc(OCCCC(=O)O)cc2C1(O)C(F)(F)F. The van der Waals surface area contributed by atoms with Gasteiger partial charge in [-0.2, -0.15) is 13.2 Å². The van der Waals surface area contributed by atoms with E-state index in [0.717, 1.165) is 6.07 Å². The summed E-state index contributed by atoms with van der Waals surface area (Å²) in [5.41, 5.74) is -3.20. The van der Waals surface area contributed by atoms with E-state index < -0.39 is 28.9 Å². The Morgan fingerprint density at radius 1 is 1.28 bits per heavy atom. The second-order valence-corrected chi connectivity index (χ2v) is 7.16. The van der Waals surface area contributed by atoms with Crippen LogP contribution in [0, 0.1) is 0 Å². The number of rotatable bonds is 7. The van der Waals surface area contributed by atoms with Crippen LogP contribution >= 0.6 is 0 Å². The van der Waals surface area contributed by atoms with Gasteiger partial charge in [-0.05, 0) is 47.8 Å². The van der Waals surface area contributed by atoms with E-state index in [1.807, 2.05) is 0 Å². The van der Waals surface area contributed by atoms with Crippen molar-refractivity contribution in [2.24, 2.45) is 0 Å². The fourth-order valence-electron chi connectivity index (χ4n) is 3.56. The van der Waals surface area contributed by atoms with Gasteiger partial charge in [-0.15, -0.1) is 0 Å². The van der Waals surface area contributed by atoms with Crippen molar-refractivity contribution in [3.05, 3.63) is 72.4 Å². The molecule has 1 unspecified atom stereocenters. The number of alkyl halides is 3. The molecule has 1 aromatic carbocycles. The first-order valence-corrected chi connectivity index (χ1v) is 9.72. The van der Waals surface area contributed by atoms with Crippen molar-refractivity contribution in [2.75, 3.05) is 6.61 Å². The molecule has 0 amide bonds. The van der Waals surface area contributed by atoms with E-state index in [0.29, 0.717) is 11.1 Å². The van der Waals surface area contributed by atoms with E-state index in [4.69, 9.17) is 9.84 Å². The molecule has 168 valence electrons. The molecule has 0 saturated heterocycles. The number of aromatic nitrogens is 2. The van der Waals surface area contributed by atoms with Gasteiger partial charge in [-0.3, -0.25) is 4.79 Å². The summed E-state index contributed by atoms with van der Waals surface area (Å²) in [4.78, 5) is 18.6. The number of benzene rings is 1. The minimum absolute atomic E-state index is 0.0253. The fraction of sp³-hybridized carbons (Fsp3) is 0.261. The molecule has 2 aromatic rings. The molecular formula is C23H21F3N2O4. The average molecular weight is 446 g/mol. The van der Waals surface area contributed by atoms with E-state index in [9.17, 15) is 23.1 Å². The molecule has 0 radical (unpaired) electrons. The molecular weight excluding hydrogens is 425 g/mol. The molecule has 0 bridgehead atoms. The van der Waals surface area contributed by atoms with E-state index >= 15 is 0 Å². The number of carboxylic acid groups (broad SMARTS) is 1. The van der Waals surface area contributed by atoms with Gasteiger partial charge in [0.05, 0.1) is 6.61 Å². The monoisotopic (exact) mass is 446 g/mol. The lowest BCUT2D eigenvalue weighted by molar-refractivity contribution is -0.246. The molecule has 9 heteroatoms. The smallest absolute Gasteiger partial charge is 0.425 e. The van der Waals surface area contributed by atoms with Crippen molar-refractivity contribution in [1.82, 2.24) is 9.97 Å². The summed E-state index contributed by atoms with van der Waals surface area (Å²) < 4.78 is 48.0. The number of allylic oxidation sites excluding steroid dienone is 3. The maximum absolute atomic E-state index is 14.1. The molecule has 0 saturated carbocycles. The normalized spacial score (nSPS) is 19.5. The van der Waals surface area contributed by atoms with Gasteiger partial charge in [0.2, 0.25) is 5.60 Å². The highest BCUT2D eigenvalue weighted by Crippen LogP contribution is 2.58. The zero-order chi connectivity index (χ0) is 23.5. The van der Waals surface area contributed by atoms with Crippen LogP contribution < -0.4 is 4.74 Å². The lowest BCUT2D eigenvalue weighted by atomic mass is 9.90. The summed E-state index contributed by atoms with van der Waals surface area (Å²) in [6, 6.07) is 2.65. The highest BCUT2D eigenvalue weighted by atomic mass is 19.4. The van der Waals surface area contributed by atoms with Gasteiger partial charge in [0.15, 0.2) is 0 Å². The van der Waals surface area contributed by atoms with Crippen LogP contribution in [0.25, 0.3) is 16.7 Å². The van der Waals surface area contributed by atoms with Crippen LogP contribution in [0.2, 0.25) is 0 Å². The second kappa shape index (κ2) is 8.96. The second-order valence-electron chi connectivity index (χ2n) is 7.16. The fourth-order valence-corrected chi connectivity index (χ4v) is 3.56. The Morgan fingerprint density at radius 2 is 1.97 bits per heavy atom. The topological polar surface area (TPSA) is 92.5 Å². The molecule has 0 fully saturated rings. The molecule has 2 N–H and O–H groups in total. The number of halogens is 3. The maximum atomic E-state index is 14.1. The van der Waals surface area contributed by atoms with Crippen molar-refractivity contribution < 1.29 is 32.9 Å². The van der Waals surface area contributed by atoms with Crippen LogP contribution in [-0.2, 0) is 10.4 Å². The third-order valence-electron chi connectivity index (χ3n) is 5.07.